The molecular weight excluding hydrogens is 210 g/mol. The normalized spacial score (nSPS) is 24.1. The first kappa shape index (κ1) is 12.6. The summed E-state index contributed by atoms with van der Waals surface area (Å²) in [6, 6.07) is 11.1. The minimum absolute atomic E-state index is 0.718. The van der Waals surface area contributed by atoms with Crippen molar-refractivity contribution in [3.05, 3.63) is 35.9 Å². The molecule has 0 heterocycles. The Bertz CT molecular complexity index is 312. The van der Waals surface area contributed by atoms with Gasteiger partial charge in [-0.2, -0.15) is 0 Å². The van der Waals surface area contributed by atoms with Crippen LogP contribution in [0.1, 0.15) is 31.2 Å². The summed E-state index contributed by atoms with van der Waals surface area (Å²) < 4.78 is 5.75. The van der Waals surface area contributed by atoms with Gasteiger partial charge in [-0.15, -0.1) is 0 Å². The molecule has 1 saturated carbocycles. The van der Waals surface area contributed by atoms with Crippen LogP contribution in [0.3, 0.4) is 0 Å². The topological polar surface area (TPSA) is 21.3 Å². The van der Waals surface area contributed by atoms with Gasteiger partial charge in [0.2, 0.25) is 0 Å². The van der Waals surface area contributed by atoms with Crippen LogP contribution < -0.4 is 5.32 Å². The van der Waals surface area contributed by atoms with Crippen molar-refractivity contribution in [1.29, 1.82) is 0 Å². The summed E-state index contributed by atoms with van der Waals surface area (Å²) in [4.78, 5) is 0. The third kappa shape index (κ3) is 3.83. The van der Waals surface area contributed by atoms with Crippen LogP contribution in [0.5, 0.6) is 0 Å². The molecule has 1 fully saturated rings. The number of ether oxygens (including phenoxy) is 1. The zero-order chi connectivity index (χ0) is 11.9. The highest BCUT2D eigenvalue weighted by molar-refractivity contribution is 5.13. The van der Waals surface area contributed by atoms with E-state index in [1.165, 1.54) is 31.2 Å². The Balaban J connectivity index is 1.63. The molecule has 94 valence electrons. The molecule has 2 unspecified atom stereocenters. The van der Waals surface area contributed by atoms with Crippen LogP contribution in [-0.2, 0) is 11.3 Å². The first-order chi connectivity index (χ1) is 8.40. The molecule has 1 N–H and O–H groups in total. The van der Waals surface area contributed by atoms with E-state index in [1.54, 1.807) is 0 Å². The van der Waals surface area contributed by atoms with Crippen molar-refractivity contribution in [2.75, 3.05) is 13.7 Å². The summed E-state index contributed by atoms with van der Waals surface area (Å²) in [5.74, 6) is 0.816. The highest BCUT2D eigenvalue weighted by atomic mass is 16.5. The number of nitrogens with one attached hydrogen (secondary N) is 1. The second-order valence-electron chi connectivity index (χ2n) is 4.91. The average molecular weight is 233 g/mol. The first-order valence-corrected chi connectivity index (χ1v) is 6.69. The molecule has 0 radical (unpaired) electrons. The monoisotopic (exact) mass is 233 g/mol. The van der Waals surface area contributed by atoms with Crippen LogP contribution >= 0.6 is 0 Å². The third-order valence-electron chi connectivity index (χ3n) is 3.77. The quantitative estimate of drug-likeness (QED) is 0.763. The zero-order valence-electron chi connectivity index (χ0n) is 10.7. The van der Waals surface area contributed by atoms with Gasteiger partial charge in [0.15, 0.2) is 0 Å². The lowest BCUT2D eigenvalue weighted by atomic mass is 10.0. The van der Waals surface area contributed by atoms with Crippen molar-refractivity contribution in [3.63, 3.8) is 0 Å². The van der Waals surface area contributed by atoms with Crippen LogP contribution in [0.2, 0.25) is 0 Å². The van der Waals surface area contributed by atoms with Gasteiger partial charge in [-0.1, -0.05) is 36.8 Å². The molecule has 2 nitrogen and oxygen atoms in total. The van der Waals surface area contributed by atoms with Crippen LogP contribution in [0.25, 0.3) is 0 Å². The van der Waals surface area contributed by atoms with Gasteiger partial charge in [-0.25, -0.2) is 0 Å². The average Bonchev–Trinajstić information content (AvgIpc) is 2.83. The number of hydrogen-bond acceptors (Lipinski definition) is 2. The van der Waals surface area contributed by atoms with Crippen molar-refractivity contribution >= 4 is 0 Å². The van der Waals surface area contributed by atoms with Crippen molar-refractivity contribution in [3.8, 4) is 0 Å². The Morgan fingerprint density at radius 3 is 2.82 bits per heavy atom. The van der Waals surface area contributed by atoms with Gasteiger partial charge in [0.1, 0.15) is 0 Å². The Kier molecular flexibility index (Phi) is 5.02. The molecule has 0 spiro atoms. The van der Waals surface area contributed by atoms with E-state index < -0.39 is 0 Å². The smallest absolute Gasteiger partial charge is 0.0716 e. The summed E-state index contributed by atoms with van der Waals surface area (Å²) in [5.41, 5.74) is 1.27. The van der Waals surface area contributed by atoms with E-state index in [9.17, 15) is 0 Å². The Labute approximate surface area is 104 Å². The van der Waals surface area contributed by atoms with Gasteiger partial charge in [0.05, 0.1) is 6.61 Å². The molecule has 0 aliphatic heterocycles. The molecule has 1 aromatic rings. The Morgan fingerprint density at radius 1 is 1.24 bits per heavy atom. The molecule has 0 aromatic heterocycles. The van der Waals surface area contributed by atoms with E-state index in [2.05, 4.69) is 36.6 Å². The van der Waals surface area contributed by atoms with Crippen molar-refractivity contribution in [2.45, 2.75) is 38.3 Å². The first-order valence-electron chi connectivity index (χ1n) is 6.69. The summed E-state index contributed by atoms with van der Waals surface area (Å²) in [6.45, 7) is 1.63. The molecule has 0 bridgehead atoms. The second kappa shape index (κ2) is 6.77. The third-order valence-corrected chi connectivity index (χ3v) is 3.77. The minimum Gasteiger partial charge on any atom is -0.377 e. The van der Waals surface area contributed by atoms with Gasteiger partial charge in [0.25, 0.3) is 0 Å². The Morgan fingerprint density at radius 2 is 2.06 bits per heavy atom. The van der Waals surface area contributed by atoms with Crippen molar-refractivity contribution in [2.24, 2.45) is 5.92 Å². The SMILES string of the molecule is CNC1CCCC1CCOCc1ccccc1. The Hall–Kier alpha value is -0.860. The molecule has 2 heteroatoms. The molecule has 1 aliphatic rings. The number of benzene rings is 1. The predicted octanol–water partition coefficient (Wildman–Crippen LogP) is 2.98. The molecular formula is C15H23NO. The van der Waals surface area contributed by atoms with E-state index in [4.69, 9.17) is 4.74 Å². The standard InChI is InChI=1S/C15H23NO/c1-16-15-9-5-8-14(15)10-11-17-12-13-6-3-2-4-7-13/h2-4,6-7,14-16H,5,8-12H2,1H3. The van der Waals surface area contributed by atoms with Gasteiger partial charge >= 0.3 is 0 Å². The van der Waals surface area contributed by atoms with E-state index in [0.29, 0.717) is 0 Å². The van der Waals surface area contributed by atoms with Crippen LogP contribution in [0.4, 0.5) is 0 Å². The predicted molar refractivity (Wildman–Crippen MR) is 70.9 cm³/mol. The molecule has 1 aliphatic carbocycles. The molecule has 17 heavy (non-hydrogen) atoms. The molecule has 0 saturated heterocycles. The maximum absolute atomic E-state index is 5.75. The van der Waals surface area contributed by atoms with Crippen LogP contribution in [-0.4, -0.2) is 19.7 Å². The molecule has 2 atom stereocenters. The molecule has 1 aromatic carbocycles. The van der Waals surface area contributed by atoms with Gasteiger partial charge in [-0.05, 0) is 37.8 Å². The van der Waals surface area contributed by atoms with E-state index in [-0.39, 0.29) is 0 Å². The van der Waals surface area contributed by atoms with E-state index in [1.807, 2.05) is 6.07 Å². The molecule has 0 amide bonds. The van der Waals surface area contributed by atoms with Gasteiger partial charge in [0, 0.05) is 12.6 Å². The van der Waals surface area contributed by atoms with Crippen molar-refractivity contribution in [1.82, 2.24) is 5.32 Å². The lowest BCUT2D eigenvalue weighted by molar-refractivity contribution is 0.105. The summed E-state index contributed by atoms with van der Waals surface area (Å²) in [5, 5.41) is 3.42. The number of hydrogen-bond donors (Lipinski definition) is 1. The summed E-state index contributed by atoms with van der Waals surface area (Å²) in [7, 11) is 2.08. The van der Waals surface area contributed by atoms with Gasteiger partial charge in [-0.3, -0.25) is 0 Å². The van der Waals surface area contributed by atoms with Crippen molar-refractivity contribution < 1.29 is 4.74 Å². The summed E-state index contributed by atoms with van der Waals surface area (Å²) >= 11 is 0. The van der Waals surface area contributed by atoms with Crippen LogP contribution in [0.15, 0.2) is 30.3 Å². The fourth-order valence-corrected chi connectivity index (χ4v) is 2.76. The molecule has 2 rings (SSSR count). The maximum Gasteiger partial charge on any atom is 0.0716 e. The van der Waals surface area contributed by atoms with Gasteiger partial charge < -0.3 is 10.1 Å². The lowest BCUT2D eigenvalue weighted by Crippen LogP contribution is -2.29. The lowest BCUT2D eigenvalue weighted by Gasteiger charge is -2.18. The van der Waals surface area contributed by atoms with E-state index >= 15 is 0 Å². The highest BCUT2D eigenvalue weighted by Gasteiger charge is 2.25. The van der Waals surface area contributed by atoms with E-state index in [0.717, 1.165) is 25.2 Å². The second-order valence-corrected chi connectivity index (χ2v) is 4.91. The maximum atomic E-state index is 5.75. The fraction of sp³-hybridized carbons (Fsp3) is 0.600. The zero-order valence-corrected chi connectivity index (χ0v) is 10.7. The van der Waals surface area contributed by atoms with Crippen LogP contribution in [0, 0.1) is 5.92 Å². The number of rotatable bonds is 6. The largest absolute Gasteiger partial charge is 0.377 e. The summed E-state index contributed by atoms with van der Waals surface area (Å²) in [6.07, 6.45) is 5.26. The minimum atomic E-state index is 0.718. The highest BCUT2D eigenvalue weighted by Crippen LogP contribution is 2.28. The fourth-order valence-electron chi connectivity index (χ4n) is 2.76.